The zero-order chi connectivity index (χ0) is 14.9. The van der Waals surface area contributed by atoms with Crippen LogP contribution in [0.3, 0.4) is 0 Å². The summed E-state index contributed by atoms with van der Waals surface area (Å²) in [6.45, 7) is 0.704. The highest BCUT2D eigenvalue weighted by atomic mass is 35.5. The van der Waals surface area contributed by atoms with E-state index < -0.39 is 0 Å². The number of aromatic nitrogens is 3. The van der Waals surface area contributed by atoms with Gasteiger partial charge in [-0.2, -0.15) is 0 Å². The number of rotatable bonds is 3. The van der Waals surface area contributed by atoms with Crippen molar-refractivity contribution in [3.8, 4) is 0 Å². The van der Waals surface area contributed by atoms with Crippen LogP contribution in [0.15, 0.2) is 24.5 Å². The van der Waals surface area contributed by atoms with Gasteiger partial charge in [-0.05, 0) is 60.5 Å². The first kappa shape index (κ1) is 13.9. The van der Waals surface area contributed by atoms with Crippen molar-refractivity contribution in [2.45, 2.75) is 32.2 Å². The zero-order valence-electron chi connectivity index (χ0n) is 12.0. The molecule has 0 spiro atoms. The molecule has 22 heavy (non-hydrogen) atoms. The van der Waals surface area contributed by atoms with E-state index in [-0.39, 0.29) is 0 Å². The monoisotopic (exact) mass is 330 g/mol. The fourth-order valence-electron chi connectivity index (χ4n) is 2.95. The van der Waals surface area contributed by atoms with Gasteiger partial charge in [-0.1, -0.05) is 0 Å². The van der Waals surface area contributed by atoms with Gasteiger partial charge < -0.3 is 5.32 Å². The molecule has 3 aromatic heterocycles. The van der Waals surface area contributed by atoms with E-state index in [2.05, 4.69) is 20.3 Å². The molecule has 6 heteroatoms. The zero-order valence-corrected chi connectivity index (χ0v) is 13.5. The van der Waals surface area contributed by atoms with Crippen LogP contribution in [0.5, 0.6) is 0 Å². The van der Waals surface area contributed by atoms with Gasteiger partial charge in [-0.15, -0.1) is 11.3 Å². The lowest BCUT2D eigenvalue weighted by atomic mass is 9.97. The fourth-order valence-corrected chi connectivity index (χ4v) is 4.43. The predicted molar refractivity (Wildman–Crippen MR) is 90.6 cm³/mol. The number of aryl methyl sites for hydroxylation is 2. The summed E-state index contributed by atoms with van der Waals surface area (Å²) in [5.41, 5.74) is 2.59. The topological polar surface area (TPSA) is 50.7 Å². The molecule has 0 amide bonds. The van der Waals surface area contributed by atoms with E-state index in [1.54, 1.807) is 23.7 Å². The van der Waals surface area contributed by atoms with Crippen LogP contribution < -0.4 is 5.32 Å². The number of hydrogen-bond acceptors (Lipinski definition) is 5. The minimum absolute atomic E-state index is 0.309. The summed E-state index contributed by atoms with van der Waals surface area (Å²) in [7, 11) is 0. The standard InChI is InChI=1S/C16H15ClN4S/c17-16-20-14(19-9-10-5-7-18-8-6-10)13-11-3-1-2-4-12(11)22-15(13)21-16/h5-8H,1-4,9H2,(H,19,20,21). The van der Waals surface area contributed by atoms with Gasteiger partial charge in [-0.25, -0.2) is 9.97 Å². The molecule has 1 N–H and O–H groups in total. The van der Waals surface area contributed by atoms with Gasteiger partial charge in [0.1, 0.15) is 10.6 Å². The Morgan fingerprint density at radius 3 is 2.82 bits per heavy atom. The second-order valence-electron chi connectivity index (χ2n) is 5.44. The number of pyridine rings is 1. The van der Waals surface area contributed by atoms with Crippen LogP contribution in [-0.4, -0.2) is 15.0 Å². The molecule has 0 atom stereocenters. The Balaban J connectivity index is 1.74. The van der Waals surface area contributed by atoms with Crippen molar-refractivity contribution in [1.29, 1.82) is 0 Å². The number of nitrogens with zero attached hydrogens (tertiary/aromatic N) is 3. The Labute approximate surface area is 137 Å². The average Bonchev–Trinajstić information content (AvgIpc) is 2.91. The normalized spacial score (nSPS) is 14.0. The van der Waals surface area contributed by atoms with Crippen LogP contribution in [0.1, 0.15) is 28.8 Å². The van der Waals surface area contributed by atoms with Gasteiger partial charge in [0.15, 0.2) is 0 Å². The molecule has 0 unspecified atom stereocenters. The van der Waals surface area contributed by atoms with Gasteiger partial charge in [0.2, 0.25) is 5.28 Å². The van der Waals surface area contributed by atoms with Crippen molar-refractivity contribution in [1.82, 2.24) is 15.0 Å². The van der Waals surface area contributed by atoms with Crippen LogP contribution in [0, 0.1) is 0 Å². The Morgan fingerprint density at radius 1 is 1.14 bits per heavy atom. The Bertz CT molecular complexity index is 816. The Hall–Kier alpha value is -1.72. The third kappa shape index (κ3) is 2.55. The quantitative estimate of drug-likeness (QED) is 0.730. The maximum absolute atomic E-state index is 6.10. The molecule has 0 saturated heterocycles. The highest BCUT2D eigenvalue weighted by Crippen LogP contribution is 2.39. The molecule has 0 radical (unpaired) electrons. The van der Waals surface area contributed by atoms with E-state index in [0.717, 1.165) is 28.9 Å². The van der Waals surface area contributed by atoms with Gasteiger partial charge in [0, 0.05) is 23.8 Å². The molecule has 4 nitrogen and oxygen atoms in total. The van der Waals surface area contributed by atoms with E-state index in [1.165, 1.54) is 28.8 Å². The fraction of sp³-hybridized carbons (Fsp3) is 0.312. The molecule has 0 bridgehead atoms. The maximum atomic E-state index is 6.10. The lowest BCUT2D eigenvalue weighted by molar-refractivity contribution is 0.700. The minimum atomic E-state index is 0.309. The minimum Gasteiger partial charge on any atom is -0.365 e. The largest absolute Gasteiger partial charge is 0.365 e. The molecule has 112 valence electrons. The van der Waals surface area contributed by atoms with Crippen molar-refractivity contribution in [3.63, 3.8) is 0 Å². The molecule has 1 aliphatic rings. The molecular formula is C16H15ClN4S. The van der Waals surface area contributed by atoms with Crippen molar-refractivity contribution in [3.05, 3.63) is 45.8 Å². The summed E-state index contributed by atoms with van der Waals surface area (Å²) in [6, 6.07) is 3.99. The molecule has 0 saturated carbocycles. The van der Waals surface area contributed by atoms with Gasteiger partial charge >= 0.3 is 0 Å². The second-order valence-corrected chi connectivity index (χ2v) is 6.86. The van der Waals surface area contributed by atoms with Crippen LogP contribution in [-0.2, 0) is 19.4 Å². The van der Waals surface area contributed by atoms with Gasteiger partial charge in [0.05, 0.1) is 5.39 Å². The Morgan fingerprint density at radius 2 is 1.95 bits per heavy atom. The van der Waals surface area contributed by atoms with E-state index in [4.69, 9.17) is 11.6 Å². The van der Waals surface area contributed by atoms with Crippen molar-refractivity contribution in [2.75, 3.05) is 5.32 Å². The molecule has 4 rings (SSSR count). The summed E-state index contributed by atoms with van der Waals surface area (Å²) < 4.78 is 0. The lowest BCUT2D eigenvalue weighted by Gasteiger charge is -2.12. The molecule has 0 aliphatic heterocycles. The summed E-state index contributed by atoms with van der Waals surface area (Å²) in [6.07, 6.45) is 8.37. The smallest absolute Gasteiger partial charge is 0.225 e. The van der Waals surface area contributed by atoms with E-state index in [0.29, 0.717) is 11.8 Å². The lowest BCUT2D eigenvalue weighted by Crippen LogP contribution is -2.05. The number of hydrogen-bond donors (Lipinski definition) is 1. The molecule has 1 aliphatic carbocycles. The van der Waals surface area contributed by atoms with E-state index >= 15 is 0 Å². The summed E-state index contributed by atoms with van der Waals surface area (Å²) >= 11 is 7.87. The van der Waals surface area contributed by atoms with Crippen LogP contribution in [0.4, 0.5) is 5.82 Å². The Kier molecular flexibility index (Phi) is 3.68. The predicted octanol–water partition coefficient (Wildman–Crippen LogP) is 4.23. The van der Waals surface area contributed by atoms with Crippen LogP contribution in [0.2, 0.25) is 5.28 Å². The first-order valence-electron chi connectivity index (χ1n) is 7.42. The molecule has 3 heterocycles. The molecule has 0 fully saturated rings. The summed E-state index contributed by atoms with van der Waals surface area (Å²) in [5, 5.41) is 4.90. The van der Waals surface area contributed by atoms with Crippen molar-refractivity contribution >= 4 is 39.0 Å². The SMILES string of the molecule is Clc1nc(NCc2ccncc2)c2c3c(sc2n1)CCCC3. The highest BCUT2D eigenvalue weighted by molar-refractivity contribution is 7.19. The third-order valence-corrected chi connectivity index (χ3v) is 5.35. The average molecular weight is 331 g/mol. The highest BCUT2D eigenvalue weighted by Gasteiger charge is 2.20. The van der Waals surface area contributed by atoms with Crippen molar-refractivity contribution in [2.24, 2.45) is 0 Å². The number of nitrogens with one attached hydrogen (secondary N) is 1. The third-order valence-electron chi connectivity index (χ3n) is 4.00. The molecule has 3 aromatic rings. The van der Waals surface area contributed by atoms with Crippen LogP contribution >= 0.6 is 22.9 Å². The summed E-state index contributed by atoms with van der Waals surface area (Å²) in [5.74, 6) is 0.853. The summed E-state index contributed by atoms with van der Waals surface area (Å²) in [4.78, 5) is 15.3. The van der Waals surface area contributed by atoms with Crippen LogP contribution in [0.25, 0.3) is 10.2 Å². The first-order valence-corrected chi connectivity index (χ1v) is 8.61. The first-order chi connectivity index (χ1) is 10.8. The van der Waals surface area contributed by atoms with E-state index in [1.807, 2.05) is 12.1 Å². The van der Waals surface area contributed by atoms with Crippen molar-refractivity contribution < 1.29 is 0 Å². The number of anilines is 1. The van der Waals surface area contributed by atoms with Gasteiger partial charge in [-0.3, -0.25) is 4.98 Å². The maximum Gasteiger partial charge on any atom is 0.225 e. The molecular weight excluding hydrogens is 316 g/mol. The number of fused-ring (bicyclic) bond motifs is 3. The van der Waals surface area contributed by atoms with Gasteiger partial charge in [0.25, 0.3) is 0 Å². The molecule has 0 aromatic carbocycles. The van der Waals surface area contributed by atoms with E-state index in [9.17, 15) is 0 Å². The number of halogens is 1. The number of thiophene rings is 1. The second kappa shape index (κ2) is 5.82.